The SMILES string of the molecule is CC(C)(C)OC(=O)COCCOCCOCCOc1ccc(N)c(C(F)(F)F)c1. The normalized spacial score (nSPS) is 12.1. The molecule has 0 saturated carbocycles. The average molecular weight is 423 g/mol. The lowest BCUT2D eigenvalue weighted by Crippen LogP contribution is -2.27. The summed E-state index contributed by atoms with van der Waals surface area (Å²) in [5.41, 5.74) is 3.49. The van der Waals surface area contributed by atoms with Gasteiger partial charge in [-0.05, 0) is 39.0 Å². The fourth-order valence-corrected chi connectivity index (χ4v) is 2.06. The van der Waals surface area contributed by atoms with E-state index < -0.39 is 23.3 Å². The zero-order chi connectivity index (χ0) is 21.9. The third kappa shape index (κ3) is 11.5. The molecule has 10 heteroatoms. The molecule has 1 rings (SSSR count). The Hall–Kier alpha value is -2.04. The Bertz CT molecular complexity index is 631. The molecule has 0 bridgehead atoms. The topological polar surface area (TPSA) is 89.2 Å². The highest BCUT2D eigenvalue weighted by atomic mass is 19.4. The maximum Gasteiger partial charge on any atom is 0.418 e. The molecule has 7 nitrogen and oxygen atoms in total. The van der Waals surface area contributed by atoms with Gasteiger partial charge in [-0.3, -0.25) is 0 Å². The van der Waals surface area contributed by atoms with Crippen molar-refractivity contribution < 1.29 is 41.7 Å². The second kappa shape index (κ2) is 11.8. The fourth-order valence-electron chi connectivity index (χ4n) is 2.06. The molecule has 0 fully saturated rings. The molecule has 0 unspecified atom stereocenters. The van der Waals surface area contributed by atoms with Crippen molar-refractivity contribution in [3.8, 4) is 5.75 Å². The minimum Gasteiger partial charge on any atom is -0.491 e. The molecule has 0 amide bonds. The van der Waals surface area contributed by atoms with Crippen molar-refractivity contribution in [2.45, 2.75) is 32.5 Å². The average Bonchev–Trinajstić information content (AvgIpc) is 2.58. The molecule has 2 N–H and O–H groups in total. The Morgan fingerprint density at radius 2 is 1.48 bits per heavy atom. The van der Waals surface area contributed by atoms with Gasteiger partial charge in [0.1, 0.15) is 24.6 Å². The quantitative estimate of drug-likeness (QED) is 0.314. The number of carbonyl (C=O) groups is 1. The van der Waals surface area contributed by atoms with Gasteiger partial charge in [-0.25, -0.2) is 4.79 Å². The van der Waals surface area contributed by atoms with Crippen LogP contribution in [0.2, 0.25) is 0 Å². The lowest BCUT2D eigenvalue weighted by atomic mass is 10.1. The van der Waals surface area contributed by atoms with Crippen LogP contribution in [0.1, 0.15) is 26.3 Å². The summed E-state index contributed by atoms with van der Waals surface area (Å²) in [6.07, 6.45) is -4.53. The van der Waals surface area contributed by atoms with Crippen LogP contribution < -0.4 is 10.5 Å². The first kappa shape index (κ1) is 25.0. The highest BCUT2D eigenvalue weighted by molar-refractivity contribution is 5.71. The Morgan fingerprint density at radius 1 is 0.931 bits per heavy atom. The molecule has 0 saturated heterocycles. The molecule has 0 radical (unpaired) electrons. The van der Waals surface area contributed by atoms with Crippen LogP contribution in [0.4, 0.5) is 18.9 Å². The van der Waals surface area contributed by atoms with E-state index in [0.717, 1.165) is 12.1 Å². The van der Waals surface area contributed by atoms with E-state index in [2.05, 4.69) is 0 Å². The summed E-state index contributed by atoms with van der Waals surface area (Å²) < 4.78 is 64.3. The minimum absolute atomic E-state index is 0.0634. The summed E-state index contributed by atoms with van der Waals surface area (Å²) in [6.45, 7) is 6.55. The van der Waals surface area contributed by atoms with Gasteiger partial charge in [0, 0.05) is 5.69 Å². The van der Waals surface area contributed by atoms with E-state index in [4.69, 9.17) is 29.4 Å². The Morgan fingerprint density at radius 3 is 2.03 bits per heavy atom. The molecule has 1 aromatic rings. The van der Waals surface area contributed by atoms with Crippen molar-refractivity contribution in [1.29, 1.82) is 0 Å². The molecule has 0 aliphatic heterocycles. The summed E-state index contributed by atoms with van der Waals surface area (Å²) in [4.78, 5) is 11.4. The summed E-state index contributed by atoms with van der Waals surface area (Å²) in [5, 5.41) is 0. The van der Waals surface area contributed by atoms with E-state index in [0.29, 0.717) is 6.61 Å². The summed E-state index contributed by atoms with van der Waals surface area (Å²) in [5.74, 6) is -0.377. The molecule has 0 heterocycles. The van der Waals surface area contributed by atoms with Crippen molar-refractivity contribution in [3.05, 3.63) is 23.8 Å². The summed E-state index contributed by atoms with van der Waals surface area (Å²) in [6, 6.07) is 3.37. The monoisotopic (exact) mass is 423 g/mol. The highest BCUT2D eigenvalue weighted by Gasteiger charge is 2.33. The predicted molar refractivity (Wildman–Crippen MR) is 99.7 cm³/mol. The van der Waals surface area contributed by atoms with Gasteiger partial charge in [0.15, 0.2) is 0 Å². The number of alkyl halides is 3. The lowest BCUT2D eigenvalue weighted by Gasteiger charge is -2.19. The predicted octanol–water partition coefficient (Wildman–Crippen LogP) is 3.06. The van der Waals surface area contributed by atoms with Crippen molar-refractivity contribution in [1.82, 2.24) is 0 Å². The lowest BCUT2D eigenvalue weighted by molar-refractivity contribution is -0.160. The fraction of sp³-hybridized carbons (Fsp3) is 0.632. The van der Waals surface area contributed by atoms with Crippen molar-refractivity contribution in [2.24, 2.45) is 0 Å². The third-order valence-electron chi connectivity index (χ3n) is 3.21. The zero-order valence-corrected chi connectivity index (χ0v) is 16.8. The maximum atomic E-state index is 12.8. The number of nitrogens with two attached hydrogens (primary N) is 1. The Balaban J connectivity index is 2.04. The van der Waals surface area contributed by atoms with Gasteiger partial charge >= 0.3 is 12.1 Å². The van der Waals surface area contributed by atoms with E-state index in [1.807, 2.05) is 0 Å². The number of hydrogen-bond acceptors (Lipinski definition) is 7. The van der Waals surface area contributed by atoms with Crippen LogP contribution in [0.3, 0.4) is 0 Å². The van der Waals surface area contributed by atoms with E-state index >= 15 is 0 Å². The van der Waals surface area contributed by atoms with Gasteiger partial charge < -0.3 is 29.4 Å². The maximum absolute atomic E-state index is 12.8. The number of hydrogen-bond donors (Lipinski definition) is 1. The third-order valence-corrected chi connectivity index (χ3v) is 3.21. The van der Waals surface area contributed by atoms with Crippen LogP contribution in [0.15, 0.2) is 18.2 Å². The first-order valence-corrected chi connectivity index (χ1v) is 9.03. The van der Waals surface area contributed by atoms with Crippen LogP contribution in [0.5, 0.6) is 5.75 Å². The molecule has 0 aliphatic rings. The number of esters is 1. The number of benzene rings is 1. The Labute approximate surface area is 168 Å². The largest absolute Gasteiger partial charge is 0.491 e. The second-order valence-corrected chi connectivity index (χ2v) is 6.96. The molecule has 0 aromatic heterocycles. The molecular formula is C19H28F3NO6. The number of carbonyl (C=O) groups excluding carboxylic acids is 1. The van der Waals surface area contributed by atoms with Crippen molar-refractivity contribution in [3.63, 3.8) is 0 Å². The van der Waals surface area contributed by atoms with Crippen molar-refractivity contribution in [2.75, 3.05) is 52.0 Å². The first-order valence-electron chi connectivity index (χ1n) is 9.03. The van der Waals surface area contributed by atoms with Gasteiger partial charge in [0.25, 0.3) is 0 Å². The minimum atomic E-state index is -4.53. The van der Waals surface area contributed by atoms with Crippen LogP contribution in [-0.2, 0) is 29.9 Å². The van der Waals surface area contributed by atoms with Gasteiger partial charge in [0.2, 0.25) is 0 Å². The van der Waals surface area contributed by atoms with Crippen LogP contribution in [0, 0.1) is 0 Å². The molecule has 0 aliphatic carbocycles. The highest BCUT2D eigenvalue weighted by Crippen LogP contribution is 2.35. The standard InChI is InChI=1S/C19H28F3NO6/c1-18(2,3)29-17(24)13-27-9-8-25-6-7-26-10-11-28-14-4-5-16(23)15(12-14)19(20,21)22/h4-5,12H,6-11,13,23H2,1-3H3. The number of halogens is 3. The molecule has 29 heavy (non-hydrogen) atoms. The molecule has 0 spiro atoms. The van der Waals surface area contributed by atoms with Gasteiger partial charge in [-0.1, -0.05) is 0 Å². The van der Waals surface area contributed by atoms with Crippen LogP contribution in [-0.4, -0.2) is 57.8 Å². The zero-order valence-electron chi connectivity index (χ0n) is 16.8. The number of nitrogen functional groups attached to an aromatic ring is 1. The van der Waals surface area contributed by atoms with Crippen LogP contribution in [0.25, 0.3) is 0 Å². The van der Waals surface area contributed by atoms with Crippen molar-refractivity contribution >= 4 is 11.7 Å². The van der Waals surface area contributed by atoms with E-state index in [1.54, 1.807) is 20.8 Å². The summed E-state index contributed by atoms with van der Waals surface area (Å²) in [7, 11) is 0. The van der Waals surface area contributed by atoms with Crippen LogP contribution >= 0.6 is 0 Å². The van der Waals surface area contributed by atoms with E-state index in [9.17, 15) is 18.0 Å². The van der Waals surface area contributed by atoms with Gasteiger partial charge in [-0.15, -0.1) is 0 Å². The number of rotatable bonds is 12. The van der Waals surface area contributed by atoms with Gasteiger partial charge in [0.05, 0.1) is 38.6 Å². The molecule has 1 aromatic carbocycles. The smallest absolute Gasteiger partial charge is 0.418 e. The summed E-state index contributed by atoms with van der Waals surface area (Å²) >= 11 is 0. The number of anilines is 1. The second-order valence-electron chi connectivity index (χ2n) is 6.96. The molecular weight excluding hydrogens is 395 g/mol. The van der Waals surface area contributed by atoms with Gasteiger partial charge in [-0.2, -0.15) is 13.2 Å². The number of ether oxygens (including phenoxy) is 5. The Kier molecular flexibility index (Phi) is 10.2. The molecule has 0 atom stereocenters. The van der Waals surface area contributed by atoms with E-state index in [-0.39, 0.29) is 51.1 Å². The van der Waals surface area contributed by atoms with E-state index in [1.165, 1.54) is 6.07 Å². The molecule has 166 valence electrons. The first-order chi connectivity index (χ1) is 13.5.